The number of hydrogen-bond acceptors (Lipinski definition) is 4. The first-order valence-electron chi connectivity index (χ1n) is 7.97. The minimum absolute atomic E-state index is 0.377. The molecule has 0 spiro atoms. The number of cyclic esters (lactones) is 1. The van der Waals surface area contributed by atoms with E-state index in [2.05, 4.69) is 6.92 Å². The van der Waals surface area contributed by atoms with Crippen LogP contribution in [-0.4, -0.2) is 20.2 Å². The van der Waals surface area contributed by atoms with Gasteiger partial charge in [-0.25, -0.2) is 4.79 Å². The van der Waals surface area contributed by atoms with Crippen molar-refractivity contribution in [2.45, 2.75) is 13.8 Å². The van der Waals surface area contributed by atoms with E-state index in [0.717, 1.165) is 16.7 Å². The van der Waals surface area contributed by atoms with E-state index in [1.165, 1.54) is 5.56 Å². The minimum Gasteiger partial charge on any atom is -0.493 e. The van der Waals surface area contributed by atoms with E-state index >= 15 is 0 Å². The molecule has 1 aliphatic rings. The number of aryl methyl sites for hydroxylation is 2. The van der Waals surface area contributed by atoms with Crippen molar-refractivity contribution in [2.75, 3.05) is 14.2 Å². The van der Waals surface area contributed by atoms with Gasteiger partial charge in [-0.15, -0.1) is 0 Å². The first kappa shape index (κ1) is 16.8. The molecule has 0 aromatic heterocycles. The topological polar surface area (TPSA) is 44.8 Å². The number of esters is 1. The second-order valence-corrected chi connectivity index (χ2v) is 5.88. The van der Waals surface area contributed by atoms with Crippen LogP contribution in [0.5, 0.6) is 11.5 Å². The molecular formula is C21H20O4. The number of para-hydroxylation sites is 1. The predicted molar refractivity (Wildman–Crippen MR) is 97.5 cm³/mol. The normalized spacial score (nSPS) is 15.1. The molecule has 0 saturated carbocycles. The van der Waals surface area contributed by atoms with Gasteiger partial charge in [-0.1, -0.05) is 24.3 Å². The quantitative estimate of drug-likeness (QED) is 0.617. The van der Waals surface area contributed by atoms with Crippen LogP contribution < -0.4 is 9.47 Å². The third kappa shape index (κ3) is 3.29. The highest BCUT2D eigenvalue weighted by Crippen LogP contribution is 2.34. The Morgan fingerprint density at radius 3 is 2.48 bits per heavy atom. The molecule has 1 aliphatic heterocycles. The molecule has 4 heteroatoms. The molecule has 3 rings (SSSR count). The minimum atomic E-state index is -0.377. The van der Waals surface area contributed by atoms with Crippen molar-refractivity contribution < 1.29 is 19.0 Å². The second-order valence-electron chi connectivity index (χ2n) is 5.88. The number of hydrogen-bond donors (Lipinski definition) is 0. The van der Waals surface area contributed by atoms with Gasteiger partial charge in [0.05, 0.1) is 19.8 Å². The Morgan fingerprint density at radius 1 is 1.00 bits per heavy atom. The van der Waals surface area contributed by atoms with Gasteiger partial charge in [0.25, 0.3) is 0 Å². The van der Waals surface area contributed by atoms with E-state index in [-0.39, 0.29) is 5.97 Å². The summed E-state index contributed by atoms with van der Waals surface area (Å²) in [6, 6.07) is 11.5. The van der Waals surface area contributed by atoms with Gasteiger partial charge in [0.1, 0.15) is 5.76 Å². The molecule has 2 aromatic carbocycles. The third-order valence-electron chi connectivity index (χ3n) is 4.26. The molecule has 0 saturated heterocycles. The zero-order valence-electron chi connectivity index (χ0n) is 14.8. The Morgan fingerprint density at radius 2 is 1.80 bits per heavy atom. The lowest BCUT2D eigenvalue weighted by atomic mass is 10.0. The van der Waals surface area contributed by atoms with Crippen molar-refractivity contribution in [1.82, 2.24) is 0 Å². The molecule has 2 aromatic rings. The zero-order chi connectivity index (χ0) is 18.0. The largest absolute Gasteiger partial charge is 0.493 e. The summed E-state index contributed by atoms with van der Waals surface area (Å²) in [5.74, 6) is 1.37. The van der Waals surface area contributed by atoms with Crippen LogP contribution in [0.15, 0.2) is 48.0 Å². The van der Waals surface area contributed by atoms with Gasteiger partial charge in [0.2, 0.25) is 0 Å². The predicted octanol–water partition coefficient (Wildman–Crippen LogP) is 4.30. The van der Waals surface area contributed by atoms with Gasteiger partial charge in [0.15, 0.2) is 11.5 Å². The first-order chi connectivity index (χ1) is 12.0. The van der Waals surface area contributed by atoms with E-state index in [0.29, 0.717) is 22.8 Å². The molecule has 4 nitrogen and oxygen atoms in total. The molecule has 0 atom stereocenters. The molecule has 1 heterocycles. The van der Waals surface area contributed by atoms with Crippen LogP contribution in [0, 0.1) is 13.8 Å². The molecule has 0 aliphatic carbocycles. The lowest BCUT2D eigenvalue weighted by Crippen LogP contribution is -1.98. The molecule has 0 fully saturated rings. The summed E-state index contributed by atoms with van der Waals surface area (Å²) < 4.78 is 16.1. The average Bonchev–Trinajstić information content (AvgIpc) is 2.97. The van der Waals surface area contributed by atoms with Gasteiger partial charge in [0, 0.05) is 11.1 Å². The van der Waals surface area contributed by atoms with Crippen LogP contribution in [-0.2, 0) is 9.53 Å². The van der Waals surface area contributed by atoms with Crippen molar-refractivity contribution in [3.63, 3.8) is 0 Å². The van der Waals surface area contributed by atoms with Gasteiger partial charge in [-0.2, -0.15) is 0 Å². The lowest BCUT2D eigenvalue weighted by molar-refractivity contribution is -0.130. The van der Waals surface area contributed by atoms with E-state index in [9.17, 15) is 4.79 Å². The molecular weight excluding hydrogens is 316 g/mol. The number of carbonyl (C=O) groups is 1. The highest BCUT2D eigenvalue weighted by molar-refractivity contribution is 6.05. The van der Waals surface area contributed by atoms with Gasteiger partial charge in [-0.3, -0.25) is 0 Å². The molecule has 0 radical (unpaired) electrons. The number of rotatable bonds is 4. The summed E-state index contributed by atoms with van der Waals surface area (Å²) in [6.07, 6.45) is 3.50. The van der Waals surface area contributed by atoms with Crippen LogP contribution >= 0.6 is 0 Å². The summed E-state index contributed by atoms with van der Waals surface area (Å²) >= 11 is 0. The van der Waals surface area contributed by atoms with Crippen LogP contribution in [0.4, 0.5) is 0 Å². The summed E-state index contributed by atoms with van der Waals surface area (Å²) in [5, 5.41) is 0. The monoisotopic (exact) mass is 336 g/mol. The van der Waals surface area contributed by atoms with E-state index in [4.69, 9.17) is 14.2 Å². The van der Waals surface area contributed by atoms with Crippen LogP contribution in [0.2, 0.25) is 0 Å². The van der Waals surface area contributed by atoms with Crippen LogP contribution in [0.3, 0.4) is 0 Å². The lowest BCUT2D eigenvalue weighted by Gasteiger charge is -2.10. The Balaban J connectivity index is 2.00. The highest BCUT2D eigenvalue weighted by Gasteiger charge is 2.23. The number of carbonyl (C=O) groups excluding carboxylic acids is 1. The molecule has 0 bridgehead atoms. The fourth-order valence-electron chi connectivity index (χ4n) is 2.72. The molecule has 0 unspecified atom stereocenters. The second kappa shape index (κ2) is 6.85. The summed E-state index contributed by atoms with van der Waals surface area (Å²) in [6.45, 7) is 4.09. The van der Waals surface area contributed by atoms with E-state index in [1.807, 2.05) is 43.3 Å². The summed E-state index contributed by atoms with van der Waals surface area (Å²) in [5.41, 5.74) is 4.47. The standard InChI is InChI=1S/C21H20O4/c1-13-8-9-15(10-14(13)2)19-12-17(21(22)25-19)11-16-6-5-7-18(23-3)20(16)24-4/h5-12H,1-4H3. The van der Waals surface area contributed by atoms with E-state index < -0.39 is 0 Å². The average molecular weight is 336 g/mol. The number of methoxy groups -OCH3 is 2. The third-order valence-corrected chi connectivity index (χ3v) is 4.26. The molecule has 0 amide bonds. The van der Waals surface area contributed by atoms with Gasteiger partial charge >= 0.3 is 5.97 Å². The van der Waals surface area contributed by atoms with Crippen molar-refractivity contribution in [2.24, 2.45) is 0 Å². The molecule has 0 N–H and O–H groups in total. The zero-order valence-corrected chi connectivity index (χ0v) is 14.8. The smallest absolute Gasteiger partial charge is 0.343 e. The Bertz CT molecular complexity index is 891. The summed E-state index contributed by atoms with van der Waals surface area (Å²) in [4.78, 5) is 12.3. The fraction of sp³-hybridized carbons (Fsp3) is 0.190. The maximum Gasteiger partial charge on any atom is 0.343 e. The maximum absolute atomic E-state index is 12.3. The number of benzene rings is 2. The Hall–Kier alpha value is -3.01. The Labute approximate surface area is 147 Å². The Kier molecular flexibility index (Phi) is 4.61. The van der Waals surface area contributed by atoms with Crippen molar-refractivity contribution in [1.29, 1.82) is 0 Å². The molecule has 128 valence electrons. The van der Waals surface area contributed by atoms with E-state index in [1.54, 1.807) is 26.4 Å². The SMILES string of the molecule is COc1cccc(C=C2C=C(c3ccc(C)c(C)c3)OC2=O)c1OC. The van der Waals surface area contributed by atoms with Crippen molar-refractivity contribution in [3.8, 4) is 11.5 Å². The van der Waals surface area contributed by atoms with Crippen molar-refractivity contribution in [3.05, 3.63) is 70.3 Å². The maximum atomic E-state index is 12.3. The summed E-state index contributed by atoms with van der Waals surface area (Å²) in [7, 11) is 3.15. The van der Waals surface area contributed by atoms with Gasteiger partial charge in [-0.05, 0) is 49.3 Å². The van der Waals surface area contributed by atoms with Crippen LogP contribution in [0.25, 0.3) is 11.8 Å². The van der Waals surface area contributed by atoms with Crippen LogP contribution in [0.1, 0.15) is 22.3 Å². The molecule has 25 heavy (non-hydrogen) atoms. The van der Waals surface area contributed by atoms with Gasteiger partial charge < -0.3 is 14.2 Å². The number of ether oxygens (including phenoxy) is 3. The van der Waals surface area contributed by atoms with Crippen molar-refractivity contribution >= 4 is 17.8 Å². The first-order valence-corrected chi connectivity index (χ1v) is 7.97. The fourth-order valence-corrected chi connectivity index (χ4v) is 2.72. The highest BCUT2D eigenvalue weighted by atomic mass is 16.5.